The van der Waals surface area contributed by atoms with Gasteiger partial charge in [-0.05, 0) is 42.3 Å². The van der Waals surface area contributed by atoms with E-state index in [-0.39, 0.29) is 5.97 Å². The predicted molar refractivity (Wildman–Crippen MR) is 80.3 cm³/mol. The largest absolute Gasteiger partial charge is 0.462 e. The van der Waals surface area contributed by atoms with Crippen LogP contribution in [0.4, 0.5) is 0 Å². The van der Waals surface area contributed by atoms with Crippen molar-refractivity contribution in [1.82, 2.24) is 0 Å². The van der Waals surface area contributed by atoms with Crippen LogP contribution in [0.2, 0.25) is 0 Å². The monoisotopic (exact) mass is 296 g/mol. The van der Waals surface area contributed by atoms with Gasteiger partial charge in [-0.25, -0.2) is 4.79 Å². The molecule has 20 heavy (non-hydrogen) atoms. The molecule has 0 unspecified atom stereocenters. The maximum atomic E-state index is 11.7. The number of hydrogen-bond donors (Lipinski definition) is 0. The maximum Gasteiger partial charge on any atom is 0.338 e. The van der Waals surface area contributed by atoms with Crippen molar-refractivity contribution < 1.29 is 14.3 Å². The highest BCUT2D eigenvalue weighted by Gasteiger charge is 2.08. The van der Waals surface area contributed by atoms with Crippen LogP contribution in [0.3, 0.4) is 0 Å². The quantitative estimate of drug-likeness (QED) is 0.380. The van der Waals surface area contributed by atoms with Gasteiger partial charge >= 0.3 is 5.97 Å². The third-order valence-corrected chi connectivity index (χ3v) is 3.30. The van der Waals surface area contributed by atoms with E-state index in [2.05, 4.69) is 6.92 Å². The molecule has 0 saturated heterocycles. The van der Waals surface area contributed by atoms with Crippen LogP contribution in [-0.2, 0) is 4.74 Å². The molecule has 1 aromatic carbocycles. The smallest absolute Gasteiger partial charge is 0.338 e. The van der Waals surface area contributed by atoms with Crippen molar-refractivity contribution in [2.45, 2.75) is 45.4 Å². The Balaban J connectivity index is 2.24. The van der Waals surface area contributed by atoms with Crippen LogP contribution < -0.4 is 0 Å². The Morgan fingerprint density at radius 2 is 1.50 bits per heavy atom. The minimum Gasteiger partial charge on any atom is -0.462 e. The molecule has 0 bridgehead atoms. The molecule has 0 fully saturated rings. The number of rotatable bonds is 9. The van der Waals surface area contributed by atoms with Gasteiger partial charge in [0, 0.05) is 5.56 Å². The summed E-state index contributed by atoms with van der Waals surface area (Å²) in [7, 11) is 0. The molecule has 0 aliphatic carbocycles. The third kappa shape index (κ3) is 6.20. The molecule has 0 amide bonds. The Morgan fingerprint density at radius 3 is 2.10 bits per heavy atom. The zero-order valence-electron chi connectivity index (χ0n) is 11.9. The first-order chi connectivity index (χ1) is 9.65. The molecule has 0 radical (unpaired) electrons. The van der Waals surface area contributed by atoms with Gasteiger partial charge in [0.2, 0.25) is 0 Å². The minimum absolute atomic E-state index is 0.355. The number of esters is 1. The average molecular weight is 297 g/mol. The SMILES string of the molecule is CCCCCCCCOC(=O)c1ccc(C(=O)Cl)cc1. The van der Waals surface area contributed by atoms with Crippen molar-refractivity contribution in [2.75, 3.05) is 6.61 Å². The van der Waals surface area contributed by atoms with E-state index < -0.39 is 5.24 Å². The number of ether oxygens (including phenoxy) is 1. The topological polar surface area (TPSA) is 43.4 Å². The Kier molecular flexibility index (Phi) is 7.97. The van der Waals surface area contributed by atoms with Crippen molar-refractivity contribution in [1.29, 1.82) is 0 Å². The number of halogens is 1. The molecule has 1 aromatic rings. The molecule has 0 atom stereocenters. The number of hydrogen-bond acceptors (Lipinski definition) is 3. The fraction of sp³-hybridized carbons (Fsp3) is 0.500. The van der Waals surface area contributed by atoms with Crippen molar-refractivity contribution in [3.63, 3.8) is 0 Å². The summed E-state index contributed by atoms with van der Waals surface area (Å²) in [6.07, 6.45) is 6.93. The number of carbonyl (C=O) groups is 2. The maximum absolute atomic E-state index is 11.7. The van der Waals surface area contributed by atoms with Gasteiger partial charge in [-0.3, -0.25) is 4.79 Å². The molecule has 0 saturated carbocycles. The lowest BCUT2D eigenvalue weighted by Crippen LogP contribution is -2.06. The first kappa shape index (κ1) is 16.7. The second kappa shape index (κ2) is 9.54. The van der Waals surface area contributed by atoms with Gasteiger partial charge in [-0.15, -0.1) is 0 Å². The van der Waals surface area contributed by atoms with Crippen molar-refractivity contribution >= 4 is 22.8 Å². The van der Waals surface area contributed by atoms with Crippen molar-refractivity contribution in [3.05, 3.63) is 35.4 Å². The fourth-order valence-electron chi connectivity index (χ4n) is 1.87. The fourth-order valence-corrected chi connectivity index (χ4v) is 1.99. The molecule has 0 heterocycles. The van der Waals surface area contributed by atoms with Crippen LogP contribution in [0.5, 0.6) is 0 Å². The molecule has 0 aromatic heterocycles. The normalized spacial score (nSPS) is 10.3. The summed E-state index contributed by atoms with van der Waals surface area (Å²) >= 11 is 5.33. The number of unbranched alkanes of at least 4 members (excludes halogenated alkanes) is 5. The summed E-state index contributed by atoms with van der Waals surface area (Å²) in [6, 6.07) is 6.16. The molecular formula is C16H21ClO3. The first-order valence-corrected chi connectivity index (χ1v) is 7.50. The lowest BCUT2D eigenvalue weighted by molar-refractivity contribution is 0.0497. The van der Waals surface area contributed by atoms with Gasteiger partial charge in [0.25, 0.3) is 5.24 Å². The second-order valence-corrected chi connectivity index (χ2v) is 5.10. The summed E-state index contributed by atoms with van der Waals surface area (Å²) in [6.45, 7) is 2.63. The molecule has 3 nitrogen and oxygen atoms in total. The van der Waals surface area contributed by atoms with E-state index in [1.54, 1.807) is 12.1 Å². The molecular weight excluding hydrogens is 276 g/mol. The van der Waals surface area contributed by atoms with E-state index in [1.165, 1.54) is 37.8 Å². The molecule has 0 aliphatic heterocycles. The summed E-state index contributed by atoms with van der Waals surface area (Å²) < 4.78 is 5.18. The summed E-state index contributed by atoms with van der Waals surface area (Å²) in [5.74, 6) is -0.355. The number of benzene rings is 1. The Bertz CT molecular complexity index is 426. The summed E-state index contributed by atoms with van der Waals surface area (Å²) in [4.78, 5) is 22.6. The van der Waals surface area contributed by atoms with Crippen molar-refractivity contribution in [3.8, 4) is 0 Å². The molecule has 0 aliphatic rings. The minimum atomic E-state index is -0.531. The van der Waals surface area contributed by atoms with Crippen LogP contribution in [0.25, 0.3) is 0 Å². The molecule has 4 heteroatoms. The predicted octanol–water partition coefficient (Wildman–Crippen LogP) is 4.58. The highest BCUT2D eigenvalue weighted by molar-refractivity contribution is 6.67. The van der Waals surface area contributed by atoms with Crippen molar-refractivity contribution in [2.24, 2.45) is 0 Å². The average Bonchev–Trinajstić information content (AvgIpc) is 2.46. The molecule has 0 spiro atoms. The lowest BCUT2D eigenvalue weighted by Gasteiger charge is -2.05. The zero-order chi connectivity index (χ0) is 14.8. The lowest BCUT2D eigenvalue weighted by atomic mass is 10.1. The Hall–Kier alpha value is -1.35. The van der Waals surface area contributed by atoms with E-state index in [4.69, 9.17) is 16.3 Å². The Labute approximate surface area is 125 Å². The standard InChI is InChI=1S/C16H21ClO3/c1-2-3-4-5-6-7-12-20-16(19)14-10-8-13(9-11-14)15(17)18/h8-11H,2-7,12H2,1H3. The van der Waals surface area contributed by atoms with E-state index in [9.17, 15) is 9.59 Å². The molecule has 1 rings (SSSR count). The van der Waals surface area contributed by atoms with Crippen LogP contribution in [0.15, 0.2) is 24.3 Å². The van der Waals surface area contributed by atoms with Crippen LogP contribution in [-0.4, -0.2) is 17.8 Å². The number of carbonyl (C=O) groups excluding carboxylic acids is 2. The van der Waals surface area contributed by atoms with E-state index in [1.807, 2.05) is 0 Å². The van der Waals surface area contributed by atoms with Crippen LogP contribution >= 0.6 is 11.6 Å². The molecule has 0 N–H and O–H groups in total. The van der Waals surface area contributed by atoms with Crippen LogP contribution in [0.1, 0.15) is 66.2 Å². The second-order valence-electron chi connectivity index (χ2n) is 4.75. The van der Waals surface area contributed by atoms with Gasteiger partial charge in [0.15, 0.2) is 0 Å². The first-order valence-electron chi connectivity index (χ1n) is 7.12. The third-order valence-electron chi connectivity index (χ3n) is 3.08. The van der Waals surface area contributed by atoms with Gasteiger partial charge in [0.1, 0.15) is 0 Å². The Morgan fingerprint density at radius 1 is 0.950 bits per heavy atom. The summed E-state index contributed by atoms with van der Waals surface area (Å²) in [5.41, 5.74) is 0.816. The highest BCUT2D eigenvalue weighted by atomic mass is 35.5. The van der Waals surface area contributed by atoms with Crippen LogP contribution in [0, 0.1) is 0 Å². The van der Waals surface area contributed by atoms with E-state index in [0.717, 1.165) is 12.8 Å². The molecule has 110 valence electrons. The van der Waals surface area contributed by atoms with E-state index in [0.29, 0.717) is 17.7 Å². The highest BCUT2D eigenvalue weighted by Crippen LogP contribution is 2.09. The van der Waals surface area contributed by atoms with E-state index >= 15 is 0 Å². The zero-order valence-corrected chi connectivity index (χ0v) is 12.6. The van der Waals surface area contributed by atoms with Gasteiger partial charge < -0.3 is 4.74 Å². The van der Waals surface area contributed by atoms with Gasteiger partial charge in [0.05, 0.1) is 12.2 Å². The van der Waals surface area contributed by atoms with Gasteiger partial charge in [-0.2, -0.15) is 0 Å². The summed E-state index contributed by atoms with van der Waals surface area (Å²) in [5, 5.41) is -0.531. The van der Waals surface area contributed by atoms with Gasteiger partial charge in [-0.1, -0.05) is 39.0 Å².